The summed E-state index contributed by atoms with van der Waals surface area (Å²) in [4.78, 5) is 24.8. The molecular weight excluding hydrogens is 659 g/mol. The van der Waals surface area contributed by atoms with E-state index in [-0.39, 0.29) is 42.5 Å². The second-order valence-corrected chi connectivity index (χ2v) is 13.8. The zero-order valence-electron chi connectivity index (χ0n) is 29.1. The molecule has 3 heterocycles. The average Bonchev–Trinajstić information content (AvgIpc) is 3.32. The number of carbonyl (C=O) groups excluding carboxylic acids is 1. The number of β-amino-alcohol motifs (C(OH)–C–C–N with tert-alkyl or cyclic N) is 1. The van der Waals surface area contributed by atoms with E-state index in [1.165, 1.54) is 17.2 Å². The van der Waals surface area contributed by atoms with Crippen LogP contribution in [0.1, 0.15) is 60.5 Å². The first-order valence-corrected chi connectivity index (χ1v) is 17.8. The van der Waals surface area contributed by atoms with E-state index >= 15 is 0 Å². The maximum absolute atomic E-state index is 14.3. The summed E-state index contributed by atoms with van der Waals surface area (Å²) >= 11 is 0. The fourth-order valence-electron chi connectivity index (χ4n) is 7.21. The number of aliphatic hydroxyl groups excluding tert-OH is 1. The van der Waals surface area contributed by atoms with Gasteiger partial charge in [-0.2, -0.15) is 0 Å². The SMILES string of the molecule is C[C@H]1COCCN1Cc1cc(CN2CCCN(CCO)CC2)ccc1-c1cccc(Oc2ncc(F)cc2C(=O)NC2CCC(N)CC2)c1.Cl. The highest BCUT2D eigenvalue weighted by Crippen LogP contribution is 2.32. The Morgan fingerprint density at radius 3 is 2.64 bits per heavy atom. The summed E-state index contributed by atoms with van der Waals surface area (Å²) in [5, 5.41) is 12.4. The number of aromatic nitrogens is 1. The number of carbonyl (C=O) groups is 1. The number of rotatable bonds is 11. The van der Waals surface area contributed by atoms with Gasteiger partial charge in [-0.1, -0.05) is 30.3 Å². The lowest BCUT2D eigenvalue weighted by atomic mass is 9.91. The predicted molar refractivity (Wildman–Crippen MR) is 195 cm³/mol. The molecular formula is C38H52ClFN6O4. The van der Waals surface area contributed by atoms with Crippen LogP contribution >= 0.6 is 12.4 Å². The molecule has 2 aromatic carbocycles. The van der Waals surface area contributed by atoms with E-state index in [9.17, 15) is 14.3 Å². The molecule has 1 saturated carbocycles. The number of aliphatic hydroxyl groups is 1. The van der Waals surface area contributed by atoms with E-state index in [1.807, 2.05) is 18.2 Å². The van der Waals surface area contributed by atoms with E-state index in [0.717, 1.165) is 108 Å². The molecule has 2 saturated heterocycles. The van der Waals surface area contributed by atoms with Crippen molar-refractivity contribution in [1.29, 1.82) is 0 Å². The number of pyridine rings is 1. The number of amides is 1. The Hall–Kier alpha value is -3.16. The van der Waals surface area contributed by atoms with Gasteiger partial charge in [0.15, 0.2) is 0 Å². The fourth-order valence-corrected chi connectivity index (χ4v) is 7.21. The number of morpholine rings is 1. The zero-order valence-corrected chi connectivity index (χ0v) is 29.9. The molecule has 6 rings (SSSR count). The molecule has 2 aliphatic heterocycles. The second-order valence-electron chi connectivity index (χ2n) is 13.8. The van der Waals surface area contributed by atoms with Gasteiger partial charge in [-0.05, 0) is 92.6 Å². The van der Waals surface area contributed by atoms with Crippen molar-refractivity contribution in [2.75, 3.05) is 59.1 Å². The van der Waals surface area contributed by atoms with Gasteiger partial charge in [0.2, 0.25) is 5.88 Å². The number of halogens is 2. The normalized spacial score (nSPS) is 22.4. The number of nitrogens with two attached hydrogens (primary N) is 1. The molecule has 3 fully saturated rings. The predicted octanol–water partition coefficient (Wildman–Crippen LogP) is 4.82. The molecule has 1 aliphatic carbocycles. The summed E-state index contributed by atoms with van der Waals surface area (Å²) in [6.07, 6.45) is 5.44. The smallest absolute Gasteiger partial charge is 0.257 e. The maximum Gasteiger partial charge on any atom is 0.257 e. The van der Waals surface area contributed by atoms with Crippen LogP contribution in [-0.2, 0) is 17.8 Å². The van der Waals surface area contributed by atoms with Crippen LogP contribution in [0.15, 0.2) is 54.7 Å². The summed E-state index contributed by atoms with van der Waals surface area (Å²) in [6, 6.07) is 16.2. The molecule has 4 N–H and O–H groups in total. The molecule has 0 spiro atoms. The Morgan fingerprint density at radius 1 is 1.04 bits per heavy atom. The first-order valence-electron chi connectivity index (χ1n) is 17.8. The Labute approximate surface area is 301 Å². The fraction of sp³-hybridized carbons (Fsp3) is 0.526. The largest absolute Gasteiger partial charge is 0.438 e. The quantitative estimate of drug-likeness (QED) is 0.258. The Balaban J connectivity index is 0.00000486. The van der Waals surface area contributed by atoms with Crippen LogP contribution < -0.4 is 15.8 Å². The van der Waals surface area contributed by atoms with Crippen LogP contribution in [0.25, 0.3) is 11.1 Å². The first kappa shape index (κ1) is 38.1. The van der Waals surface area contributed by atoms with Crippen molar-refractivity contribution >= 4 is 18.3 Å². The third-order valence-electron chi connectivity index (χ3n) is 10.1. The van der Waals surface area contributed by atoms with Gasteiger partial charge in [0.05, 0.1) is 26.0 Å². The minimum atomic E-state index is -0.596. The third-order valence-corrected chi connectivity index (χ3v) is 10.1. The van der Waals surface area contributed by atoms with Gasteiger partial charge in [-0.25, -0.2) is 9.37 Å². The van der Waals surface area contributed by atoms with Crippen LogP contribution in [-0.4, -0.2) is 108 Å². The van der Waals surface area contributed by atoms with Gasteiger partial charge >= 0.3 is 0 Å². The topological polar surface area (TPSA) is 116 Å². The molecule has 1 amide bonds. The Bertz CT molecular complexity index is 1560. The minimum Gasteiger partial charge on any atom is -0.438 e. The van der Waals surface area contributed by atoms with E-state index in [4.69, 9.17) is 15.2 Å². The summed E-state index contributed by atoms with van der Waals surface area (Å²) in [5.74, 6) is -0.416. The minimum absolute atomic E-state index is 0. The highest BCUT2D eigenvalue weighted by Gasteiger charge is 2.25. The Morgan fingerprint density at radius 2 is 1.84 bits per heavy atom. The van der Waals surface area contributed by atoms with E-state index < -0.39 is 11.7 Å². The first-order chi connectivity index (χ1) is 23.8. The molecule has 10 nitrogen and oxygen atoms in total. The molecule has 272 valence electrons. The standard InChI is InChI=1S/C38H51FN6O4.ClH/c1-27-26-48-19-17-45(27)25-30-20-28(24-44-13-3-12-43(14-15-44)16-18-46)6-11-35(30)29-4-2-5-34(21-29)49-38-36(22-31(39)23-41-38)37(47)42-33-9-7-32(40)8-10-33;/h2,4-6,11,20-23,27,32-33,46H,3,7-10,12-19,24-26,40H2,1H3,(H,42,47);1H/t27-,32?,33?;/m0./s1. The second kappa shape index (κ2) is 18.4. The van der Waals surface area contributed by atoms with Crippen molar-refractivity contribution < 1.29 is 23.8 Å². The highest BCUT2D eigenvalue weighted by atomic mass is 35.5. The van der Waals surface area contributed by atoms with Gasteiger partial charge in [0, 0.05) is 57.4 Å². The molecule has 1 atom stereocenters. The summed E-state index contributed by atoms with van der Waals surface area (Å²) in [6.45, 7) is 11.1. The molecule has 12 heteroatoms. The lowest BCUT2D eigenvalue weighted by Gasteiger charge is -2.34. The van der Waals surface area contributed by atoms with Crippen molar-refractivity contribution in [2.45, 2.75) is 70.2 Å². The number of ether oxygens (including phenoxy) is 2. The van der Waals surface area contributed by atoms with Crippen molar-refractivity contribution in [3.05, 3.63) is 77.2 Å². The average molecular weight is 711 g/mol. The number of nitrogens with zero attached hydrogens (tertiary/aromatic N) is 4. The van der Waals surface area contributed by atoms with Gasteiger partial charge in [-0.3, -0.25) is 19.5 Å². The molecule has 1 aromatic heterocycles. The van der Waals surface area contributed by atoms with Crippen LogP contribution in [0, 0.1) is 5.82 Å². The highest BCUT2D eigenvalue weighted by molar-refractivity contribution is 5.96. The summed E-state index contributed by atoms with van der Waals surface area (Å²) < 4.78 is 26.3. The van der Waals surface area contributed by atoms with Gasteiger partial charge < -0.3 is 25.6 Å². The van der Waals surface area contributed by atoms with Crippen LogP contribution in [0.2, 0.25) is 0 Å². The summed E-state index contributed by atoms with van der Waals surface area (Å²) in [5.41, 5.74) is 10.7. The van der Waals surface area contributed by atoms with Crippen molar-refractivity contribution in [1.82, 2.24) is 25.0 Å². The molecule has 0 unspecified atom stereocenters. The number of benzene rings is 2. The number of nitrogens with one attached hydrogen (secondary N) is 1. The molecule has 3 aliphatic rings. The van der Waals surface area contributed by atoms with Crippen LogP contribution in [0.4, 0.5) is 4.39 Å². The van der Waals surface area contributed by atoms with Crippen molar-refractivity contribution in [2.24, 2.45) is 5.73 Å². The van der Waals surface area contributed by atoms with Crippen molar-refractivity contribution in [3.63, 3.8) is 0 Å². The van der Waals surface area contributed by atoms with Gasteiger partial charge in [0.25, 0.3) is 5.91 Å². The molecule has 3 aromatic rings. The lowest BCUT2D eigenvalue weighted by Crippen LogP contribution is -2.43. The van der Waals surface area contributed by atoms with E-state index in [2.05, 4.69) is 56.2 Å². The lowest BCUT2D eigenvalue weighted by molar-refractivity contribution is -0.00431. The summed E-state index contributed by atoms with van der Waals surface area (Å²) in [7, 11) is 0. The van der Waals surface area contributed by atoms with Gasteiger partial charge in [0.1, 0.15) is 17.1 Å². The van der Waals surface area contributed by atoms with E-state index in [0.29, 0.717) is 18.4 Å². The maximum atomic E-state index is 14.3. The molecule has 0 radical (unpaired) electrons. The van der Waals surface area contributed by atoms with E-state index in [1.54, 1.807) is 0 Å². The molecule has 0 bridgehead atoms. The Kier molecular flexibility index (Phi) is 14.0. The third kappa shape index (κ3) is 10.2. The van der Waals surface area contributed by atoms with Crippen LogP contribution in [0.5, 0.6) is 11.6 Å². The zero-order chi connectivity index (χ0) is 34.2. The van der Waals surface area contributed by atoms with Crippen molar-refractivity contribution in [3.8, 4) is 22.8 Å². The number of hydrogen-bond acceptors (Lipinski definition) is 9. The molecule has 50 heavy (non-hydrogen) atoms. The number of hydrogen-bond donors (Lipinski definition) is 3. The van der Waals surface area contributed by atoms with Gasteiger partial charge in [-0.15, -0.1) is 12.4 Å². The monoisotopic (exact) mass is 710 g/mol. The van der Waals surface area contributed by atoms with Crippen LogP contribution in [0.3, 0.4) is 0 Å².